The number of carbonyl (C=O) groups is 1. The SMILES string of the molecule is CC(C)CCN(CCC(C)C)C(=O)Cc1ccccc1N. The second kappa shape index (κ2) is 8.71. The number of anilines is 1. The summed E-state index contributed by atoms with van der Waals surface area (Å²) in [6, 6.07) is 7.63. The van der Waals surface area contributed by atoms with Gasteiger partial charge in [-0.25, -0.2) is 0 Å². The van der Waals surface area contributed by atoms with Gasteiger partial charge in [0.25, 0.3) is 0 Å². The molecule has 0 fully saturated rings. The number of hydrogen-bond acceptors (Lipinski definition) is 2. The summed E-state index contributed by atoms with van der Waals surface area (Å²) in [6.07, 6.45) is 2.51. The lowest BCUT2D eigenvalue weighted by Crippen LogP contribution is -2.35. The van der Waals surface area contributed by atoms with E-state index in [1.54, 1.807) is 0 Å². The Bertz CT molecular complexity index is 429. The molecular weight excluding hydrogens is 260 g/mol. The van der Waals surface area contributed by atoms with Gasteiger partial charge in [-0.1, -0.05) is 45.9 Å². The molecule has 0 saturated carbocycles. The van der Waals surface area contributed by atoms with Gasteiger partial charge in [0.2, 0.25) is 5.91 Å². The van der Waals surface area contributed by atoms with Crippen molar-refractivity contribution in [3.63, 3.8) is 0 Å². The Morgan fingerprint density at radius 3 is 2.05 bits per heavy atom. The molecule has 3 heteroatoms. The molecule has 2 N–H and O–H groups in total. The molecule has 1 amide bonds. The highest BCUT2D eigenvalue weighted by Gasteiger charge is 2.15. The van der Waals surface area contributed by atoms with Crippen LogP contribution in [0.5, 0.6) is 0 Å². The molecule has 0 heterocycles. The Morgan fingerprint density at radius 2 is 1.57 bits per heavy atom. The van der Waals surface area contributed by atoms with Crippen LogP contribution in [0, 0.1) is 11.8 Å². The summed E-state index contributed by atoms with van der Waals surface area (Å²) in [6.45, 7) is 10.5. The van der Waals surface area contributed by atoms with Gasteiger partial charge in [-0.15, -0.1) is 0 Å². The van der Waals surface area contributed by atoms with Crippen molar-refractivity contribution >= 4 is 11.6 Å². The van der Waals surface area contributed by atoms with Crippen LogP contribution in [-0.2, 0) is 11.2 Å². The first-order valence-corrected chi connectivity index (χ1v) is 8.01. The second-order valence-corrected chi connectivity index (χ2v) is 6.62. The Labute approximate surface area is 129 Å². The molecule has 1 aromatic rings. The van der Waals surface area contributed by atoms with E-state index in [0.717, 1.165) is 31.5 Å². The van der Waals surface area contributed by atoms with Crippen molar-refractivity contribution < 1.29 is 4.79 Å². The Balaban J connectivity index is 2.67. The lowest BCUT2D eigenvalue weighted by Gasteiger charge is -2.25. The lowest BCUT2D eigenvalue weighted by molar-refractivity contribution is -0.130. The van der Waals surface area contributed by atoms with E-state index in [1.165, 1.54) is 0 Å². The molecule has 0 unspecified atom stereocenters. The van der Waals surface area contributed by atoms with Gasteiger partial charge < -0.3 is 10.6 Å². The van der Waals surface area contributed by atoms with E-state index in [9.17, 15) is 4.79 Å². The highest BCUT2D eigenvalue weighted by molar-refractivity contribution is 5.80. The van der Waals surface area contributed by atoms with Gasteiger partial charge in [-0.3, -0.25) is 4.79 Å². The van der Waals surface area contributed by atoms with Crippen LogP contribution in [0.2, 0.25) is 0 Å². The molecule has 3 nitrogen and oxygen atoms in total. The van der Waals surface area contributed by atoms with E-state index < -0.39 is 0 Å². The van der Waals surface area contributed by atoms with Crippen molar-refractivity contribution in [3.8, 4) is 0 Å². The van der Waals surface area contributed by atoms with Crippen LogP contribution in [-0.4, -0.2) is 23.9 Å². The average molecular weight is 290 g/mol. The molecule has 0 aliphatic carbocycles. The molecule has 1 aromatic carbocycles. The van der Waals surface area contributed by atoms with Crippen molar-refractivity contribution in [1.82, 2.24) is 4.90 Å². The van der Waals surface area contributed by atoms with Crippen molar-refractivity contribution in [2.75, 3.05) is 18.8 Å². The average Bonchev–Trinajstić information content (AvgIpc) is 2.40. The molecular formula is C18H30N2O. The minimum absolute atomic E-state index is 0.189. The second-order valence-electron chi connectivity index (χ2n) is 6.62. The van der Waals surface area contributed by atoms with Gasteiger partial charge in [-0.05, 0) is 36.3 Å². The summed E-state index contributed by atoms with van der Waals surface area (Å²) in [5.41, 5.74) is 7.58. The predicted molar refractivity (Wildman–Crippen MR) is 90.0 cm³/mol. The first-order valence-electron chi connectivity index (χ1n) is 8.01. The predicted octanol–water partition coefficient (Wildman–Crippen LogP) is 3.73. The van der Waals surface area contributed by atoms with E-state index in [0.29, 0.717) is 23.9 Å². The fourth-order valence-corrected chi connectivity index (χ4v) is 2.16. The van der Waals surface area contributed by atoms with E-state index in [-0.39, 0.29) is 5.91 Å². The molecule has 0 aliphatic heterocycles. The third-order valence-electron chi connectivity index (χ3n) is 3.70. The number of nitrogen functional groups attached to an aromatic ring is 1. The summed E-state index contributed by atoms with van der Waals surface area (Å²) in [5.74, 6) is 1.41. The topological polar surface area (TPSA) is 46.3 Å². The number of nitrogens with zero attached hydrogens (tertiary/aromatic N) is 1. The summed E-state index contributed by atoms with van der Waals surface area (Å²) >= 11 is 0. The molecule has 0 atom stereocenters. The number of amides is 1. The zero-order valence-electron chi connectivity index (χ0n) is 13.9. The van der Waals surface area contributed by atoms with Crippen LogP contribution in [0.4, 0.5) is 5.69 Å². The monoisotopic (exact) mass is 290 g/mol. The molecule has 1 rings (SSSR count). The fraction of sp³-hybridized carbons (Fsp3) is 0.611. The number of rotatable bonds is 8. The van der Waals surface area contributed by atoms with Gasteiger partial charge >= 0.3 is 0 Å². The van der Waals surface area contributed by atoms with Crippen LogP contribution >= 0.6 is 0 Å². The Kier molecular flexibility index (Phi) is 7.27. The minimum atomic E-state index is 0.189. The highest BCUT2D eigenvalue weighted by atomic mass is 16.2. The maximum absolute atomic E-state index is 12.6. The highest BCUT2D eigenvalue weighted by Crippen LogP contribution is 2.14. The van der Waals surface area contributed by atoms with Crippen LogP contribution in [0.3, 0.4) is 0 Å². The molecule has 0 bridgehead atoms. The van der Waals surface area contributed by atoms with Crippen molar-refractivity contribution in [2.24, 2.45) is 11.8 Å². The quantitative estimate of drug-likeness (QED) is 0.741. The molecule has 21 heavy (non-hydrogen) atoms. The number of hydrogen-bond donors (Lipinski definition) is 1. The van der Waals surface area contributed by atoms with Crippen LogP contribution < -0.4 is 5.73 Å². The number of benzene rings is 1. The van der Waals surface area contributed by atoms with E-state index >= 15 is 0 Å². The molecule has 0 aromatic heterocycles. The Morgan fingerprint density at radius 1 is 1.05 bits per heavy atom. The standard InChI is InChI=1S/C18H30N2O/c1-14(2)9-11-20(12-10-15(3)4)18(21)13-16-7-5-6-8-17(16)19/h5-8,14-15H,9-13,19H2,1-4H3. The first-order chi connectivity index (χ1) is 9.90. The Hall–Kier alpha value is -1.51. The molecule has 0 radical (unpaired) electrons. The minimum Gasteiger partial charge on any atom is -0.398 e. The first kappa shape index (κ1) is 17.5. The van der Waals surface area contributed by atoms with Crippen molar-refractivity contribution in [3.05, 3.63) is 29.8 Å². The summed E-state index contributed by atoms with van der Waals surface area (Å²) in [5, 5.41) is 0. The van der Waals surface area contributed by atoms with E-state index in [2.05, 4.69) is 27.7 Å². The molecule has 0 saturated heterocycles. The van der Waals surface area contributed by atoms with Crippen molar-refractivity contribution in [1.29, 1.82) is 0 Å². The largest absolute Gasteiger partial charge is 0.398 e. The summed E-state index contributed by atoms with van der Waals surface area (Å²) < 4.78 is 0. The van der Waals surface area contributed by atoms with Gasteiger partial charge in [0.1, 0.15) is 0 Å². The van der Waals surface area contributed by atoms with Gasteiger partial charge in [0.05, 0.1) is 6.42 Å². The number of para-hydroxylation sites is 1. The number of nitrogens with two attached hydrogens (primary N) is 1. The van der Waals surface area contributed by atoms with Crippen LogP contribution in [0.25, 0.3) is 0 Å². The third kappa shape index (κ3) is 6.65. The molecule has 0 spiro atoms. The molecule has 0 aliphatic rings. The smallest absolute Gasteiger partial charge is 0.227 e. The molecule has 118 valence electrons. The van der Waals surface area contributed by atoms with Gasteiger partial charge in [-0.2, -0.15) is 0 Å². The zero-order valence-corrected chi connectivity index (χ0v) is 13.9. The zero-order chi connectivity index (χ0) is 15.8. The van der Waals surface area contributed by atoms with Crippen LogP contribution in [0.15, 0.2) is 24.3 Å². The normalized spacial score (nSPS) is 11.1. The van der Waals surface area contributed by atoms with E-state index in [4.69, 9.17) is 5.73 Å². The van der Waals surface area contributed by atoms with Crippen molar-refractivity contribution in [2.45, 2.75) is 47.0 Å². The maximum Gasteiger partial charge on any atom is 0.227 e. The van der Waals surface area contributed by atoms with Gasteiger partial charge in [0.15, 0.2) is 0 Å². The summed E-state index contributed by atoms with van der Waals surface area (Å²) in [4.78, 5) is 14.6. The lowest BCUT2D eigenvalue weighted by atomic mass is 10.1. The third-order valence-corrected chi connectivity index (χ3v) is 3.70. The maximum atomic E-state index is 12.6. The number of carbonyl (C=O) groups excluding carboxylic acids is 1. The van der Waals surface area contributed by atoms with Crippen LogP contribution in [0.1, 0.15) is 46.1 Å². The van der Waals surface area contributed by atoms with Gasteiger partial charge in [0, 0.05) is 18.8 Å². The van der Waals surface area contributed by atoms with E-state index in [1.807, 2.05) is 29.2 Å². The summed E-state index contributed by atoms with van der Waals surface area (Å²) in [7, 11) is 0. The fourth-order valence-electron chi connectivity index (χ4n) is 2.16.